The number of benzene rings is 2. The molecule has 0 spiro atoms. The first-order valence-corrected chi connectivity index (χ1v) is 5.19. The summed E-state index contributed by atoms with van der Waals surface area (Å²) in [6.45, 7) is 2.11. The Morgan fingerprint density at radius 2 is 1.20 bits per heavy atom. The Hall–Kier alpha value is -1.46. The molecule has 0 aliphatic heterocycles. The fourth-order valence-electron chi connectivity index (χ4n) is 1.38. The molecule has 0 fully saturated rings. The van der Waals surface area contributed by atoms with Crippen LogP contribution in [0, 0.1) is 6.92 Å². The van der Waals surface area contributed by atoms with Gasteiger partial charge in [0.25, 0.3) is 0 Å². The Balaban J connectivity index is 0.000000531. The molecule has 1 atom stereocenters. The van der Waals surface area contributed by atoms with Crippen molar-refractivity contribution in [3.63, 3.8) is 0 Å². The Kier molecular flexibility index (Phi) is 4.73. The minimum Gasteiger partial charge on any atom is -0.0801 e. The largest absolute Gasteiger partial charge is 0.310 e. The first-order valence-electron chi connectivity index (χ1n) is 4.72. The highest BCUT2D eigenvalue weighted by atomic mass is 31.0. The van der Waals surface area contributed by atoms with Crippen molar-refractivity contribution >= 4 is 9.12 Å². The van der Waals surface area contributed by atoms with Crippen LogP contribution < -0.4 is 0 Å². The van der Waals surface area contributed by atoms with Crippen LogP contribution >= 0.6 is 9.12 Å². The number of rotatable bonds is 1. The molecule has 0 amide bonds. The summed E-state index contributed by atoms with van der Waals surface area (Å²) in [6.07, 6.45) is 0. The van der Waals surface area contributed by atoms with Gasteiger partial charge in [-0.15, -0.1) is 0 Å². The van der Waals surface area contributed by atoms with Gasteiger partial charge in [-0.1, -0.05) is 64.7 Å². The third kappa shape index (κ3) is 3.30. The van der Waals surface area contributed by atoms with Gasteiger partial charge in [-0.05, 0) is 18.1 Å². The van der Waals surface area contributed by atoms with Crippen LogP contribution in [0.25, 0.3) is 11.1 Å². The van der Waals surface area contributed by atoms with Gasteiger partial charge in [0.15, 0.2) is 0 Å². The molecule has 0 saturated heterocycles. The molecule has 0 aliphatic carbocycles. The molecule has 2 aromatic rings. The number of hydrogen-bond donors (Lipinski definition) is 0. The molecule has 0 aliphatic rings. The maximum Gasteiger partial charge on any atom is 0.310 e. The van der Waals surface area contributed by atoms with E-state index in [2.05, 4.69) is 55.5 Å². The smallest absolute Gasteiger partial charge is 0.0801 e. The van der Waals surface area contributed by atoms with Crippen LogP contribution in [-0.4, -0.2) is 0 Å². The predicted molar refractivity (Wildman–Crippen MR) is 67.0 cm³/mol. The van der Waals surface area contributed by atoms with E-state index in [-0.39, 0.29) is 0 Å². The molecule has 0 radical (unpaired) electrons. The maximum atomic E-state index is 8.17. The minimum absolute atomic E-state index is 1.17. The minimum atomic E-state index is 1.17. The molecule has 0 N–H and O–H groups in total. The van der Waals surface area contributed by atoms with E-state index >= 15 is 0 Å². The highest BCUT2D eigenvalue weighted by molar-refractivity contribution is 7.00. The third-order valence-electron chi connectivity index (χ3n) is 2.16. The molecule has 0 aromatic heterocycles. The van der Waals surface area contributed by atoms with Crippen LogP contribution in [0.2, 0.25) is 0 Å². The number of hydrogen-bond acceptors (Lipinski definition) is 1. The second-order valence-corrected chi connectivity index (χ2v) is 3.23. The Bertz CT molecular complexity index is 395. The summed E-state index contributed by atoms with van der Waals surface area (Å²) in [5.41, 5.74) is 3.87. The summed E-state index contributed by atoms with van der Waals surface area (Å²) >= 11 is 0. The van der Waals surface area contributed by atoms with Crippen LogP contribution in [0.1, 0.15) is 5.56 Å². The lowest BCUT2D eigenvalue weighted by Gasteiger charge is -2.00. The molecule has 15 heavy (non-hydrogen) atoms. The van der Waals surface area contributed by atoms with Crippen molar-refractivity contribution in [1.29, 1.82) is 0 Å². The van der Waals surface area contributed by atoms with Crippen molar-refractivity contribution in [3.8, 4) is 11.1 Å². The van der Waals surface area contributed by atoms with Crippen molar-refractivity contribution < 1.29 is 4.57 Å². The van der Waals surface area contributed by atoms with Gasteiger partial charge in [0.1, 0.15) is 0 Å². The average Bonchev–Trinajstić information content (AvgIpc) is 2.34. The molecule has 1 nitrogen and oxygen atoms in total. The standard InChI is InChI=1S/C13H12.H2OP/c1-11-7-9-13(10-8-11)12-5-3-2-4-6-12;1-2/h2-10H,1H3;2H2/q;+1. The van der Waals surface area contributed by atoms with Crippen molar-refractivity contribution in [3.05, 3.63) is 60.2 Å². The Morgan fingerprint density at radius 3 is 1.73 bits per heavy atom. The highest BCUT2D eigenvalue weighted by Crippen LogP contribution is 2.18. The third-order valence-corrected chi connectivity index (χ3v) is 2.16. The first kappa shape index (κ1) is 11.6. The molecule has 76 valence electrons. The fraction of sp³-hybridized carbons (Fsp3) is 0.0769. The topological polar surface area (TPSA) is 17.1 Å². The normalized spacial score (nSPS) is 8.87. The van der Waals surface area contributed by atoms with Crippen molar-refractivity contribution in [2.75, 3.05) is 0 Å². The van der Waals surface area contributed by atoms with Gasteiger partial charge < -0.3 is 0 Å². The Morgan fingerprint density at radius 1 is 0.733 bits per heavy atom. The predicted octanol–water partition coefficient (Wildman–Crippen LogP) is 3.87. The van der Waals surface area contributed by atoms with Gasteiger partial charge in [-0.25, -0.2) is 0 Å². The summed E-state index contributed by atoms with van der Waals surface area (Å²) in [6, 6.07) is 19.0. The lowest BCUT2D eigenvalue weighted by atomic mass is 10.0. The molecule has 1 unspecified atom stereocenters. The number of aryl methyl sites for hydroxylation is 1. The average molecular weight is 217 g/mol. The van der Waals surface area contributed by atoms with E-state index < -0.39 is 0 Å². The van der Waals surface area contributed by atoms with Crippen LogP contribution in [-0.2, 0) is 4.57 Å². The quantitative estimate of drug-likeness (QED) is 0.663. The zero-order valence-corrected chi connectivity index (χ0v) is 9.84. The van der Waals surface area contributed by atoms with E-state index in [0.717, 1.165) is 0 Å². The van der Waals surface area contributed by atoms with Crippen LogP contribution in [0.5, 0.6) is 0 Å². The van der Waals surface area contributed by atoms with Gasteiger partial charge in [0.2, 0.25) is 0 Å². The summed E-state index contributed by atoms with van der Waals surface area (Å²) in [4.78, 5) is 0. The van der Waals surface area contributed by atoms with Crippen molar-refractivity contribution in [2.24, 2.45) is 0 Å². The second-order valence-electron chi connectivity index (χ2n) is 3.23. The zero-order chi connectivity index (χ0) is 11.1. The van der Waals surface area contributed by atoms with Crippen LogP contribution in [0.3, 0.4) is 0 Å². The van der Waals surface area contributed by atoms with Gasteiger partial charge in [0, 0.05) is 0 Å². The fourth-order valence-corrected chi connectivity index (χ4v) is 1.38. The van der Waals surface area contributed by atoms with Crippen LogP contribution in [0.4, 0.5) is 0 Å². The summed E-state index contributed by atoms with van der Waals surface area (Å²) in [5.74, 6) is 0. The summed E-state index contributed by atoms with van der Waals surface area (Å²) < 4.78 is 8.17. The van der Waals surface area contributed by atoms with Gasteiger partial charge in [-0.2, -0.15) is 0 Å². The van der Waals surface area contributed by atoms with Gasteiger partial charge >= 0.3 is 9.12 Å². The molecule has 0 heterocycles. The maximum absolute atomic E-state index is 8.17. The SMILES string of the molecule is Cc1ccc(-c2ccccc2)cc1.O=[PH2+]. The van der Waals surface area contributed by atoms with Crippen molar-refractivity contribution in [1.82, 2.24) is 0 Å². The van der Waals surface area contributed by atoms with E-state index in [1.165, 1.54) is 25.8 Å². The molecule has 2 rings (SSSR count). The zero-order valence-electron chi connectivity index (χ0n) is 8.68. The van der Waals surface area contributed by atoms with E-state index in [0.29, 0.717) is 0 Å². The van der Waals surface area contributed by atoms with E-state index in [4.69, 9.17) is 4.57 Å². The first-order chi connectivity index (χ1) is 7.36. The van der Waals surface area contributed by atoms with Gasteiger partial charge in [-0.3, -0.25) is 0 Å². The van der Waals surface area contributed by atoms with E-state index in [1.807, 2.05) is 6.07 Å². The Labute approximate surface area is 92.4 Å². The summed E-state index contributed by atoms with van der Waals surface area (Å²) in [7, 11) is 1.17. The molecular formula is C13H14OP+. The van der Waals surface area contributed by atoms with Crippen molar-refractivity contribution in [2.45, 2.75) is 6.92 Å². The molecule has 0 bridgehead atoms. The molecule has 0 saturated carbocycles. The monoisotopic (exact) mass is 217 g/mol. The van der Waals surface area contributed by atoms with E-state index in [1.54, 1.807) is 0 Å². The molecule has 2 heteroatoms. The second kappa shape index (κ2) is 6.10. The van der Waals surface area contributed by atoms with E-state index in [9.17, 15) is 0 Å². The van der Waals surface area contributed by atoms with Gasteiger partial charge in [0.05, 0.1) is 0 Å². The lowest BCUT2D eigenvalue weighted by molar-refractivity contribution is 0.607. The molecular weight excluding hydrogens is 203 g/mol. The lowest BCUT2D eigenvalue weighted by Crippen LogP contribution is -1.76. The summed E-state index contributed by atoms with van der Waals surface area (Å²) in [5, 5.41) is 0. The highest BCUT2D eigenvalue weighted by Gasteiger charge is 1.93. The van der Waals surface area contributed by atoms with Crippen LogP contribution in [0.15, 0.2) is 54.6 Å². The molecule has 2 aromatic carbocycles.